The number of benzene rings is 1. The number of aliphatic imine (C=N–C) groups is 1. The molecule has 7 heteroatoms. The van der Waals surface area contributed by atoms with Crippen molar-refractivity contribution in [2.24, 2.45) is 4.99 Å². The van der Waals surface area contributed by atoms with E-state index in [0.29, 0.717) is 13.2 Å². The number of guanidine groups is 1. The quantitative estimate of drug-likeness (QED) is 0.180. The highest BCUT2D eigenvalue weighted by Crippen LogP contribution is 2.11. The van der Waals surface area contributed by atoms with E-state index in [9.17, 15) is 0 Å². The Balaban J connectivity index is 0.00000676. The number of rotatable bonds is 14. The predicted octanol–water partition coefficient (Wildman–Crippen LogP) is 3.59. The van der Waals surface area contributed by atoms with E-state index < -0.39 is 0 Å². The fourth-order valence-electron chi connectivity index (χ4n) is 2.24. The fraction of sp³-hybridized carbons (Fsp3) is 0.650. The highest BCUT2D eigenvalue weighted by Gasteiger charge is 1.98. The minimum Gasteiger partial charge on any atom is -0.497 e. The molecule has 0 aromatic heterocycles. The summed E-state index contributed by atoms with van der Waals surface area (Å²) in [5, 5.41) is 6.59. The van der Waals surface area contributed by atoms with Crippen molar-refractivity contribution in [2.75, 3.05) is 47.1 Å². The Morgan fingerprint density at radius 3 is 2.07 bits per heavy atom. The van der Waals surface area contributed by atoms with Crippen LogP contribution in [0.4, 0.5) is 0 Å². The van der Waals surface area contributed by atoms with Gasteiger partial charge in [0.2, 0.25) is 0 Å². The third-order valence-electron chi connectivity index (χ3n) is 3.81. The zero-order valence-corrected chi connectivity index (χ0v) is 19.3. The van der Waals surface area contributed by atoms with Gasteiger partial charge in [0, 0.05) is 40.0 Å². The van der Waals surface area contributed by atoms with Gasteiger partial charge in [-0.15, -0.1) is 24.0 Å². The van der Waals surface area contributed by atoms with Gasteiger partial charge in [-0.25, -0.2) is 0 Å². The molecule has 1 rings (SSSR count). The van der Waals surface area contributed by atoms with Gasteiger partial charge < -0.3 is 24.8 Å². The number of hydrogen-bond donors (Lipinski definition) is 2. The summed E-state index contributed by atoms with van der Waals surface area (Å²) in [5.74, 6) is 1.69. The van der Waals surface area contributed by atoms with E-state index >= 15 is 0 Å². The Morgan fingerprint density at radius 1 is 0.926 bits per heavy atom. The smallest absolute Gasteiger partial charge is 0.190 e. The Labute approximate surface area is 181 Å². The normalized spacial score (nSPS) is 11.0. The maximum absolute atomic E-state index is 5.70. The molecular formula is C20H36IN3O3. The van der Waals surface area contributed by atoms with Gasteiger partial charge >= 0.3 is 0 Å². The molecule has 0 unspecified atom stereocenters. The largest absolute Gasteiger partial charge is 0.497 e. The maximum Gasteiger partial charge on any atom is 0.190 e. The molecule has 0 atom stereocenters. The summed E-state index contributed by atoms with van der Waals surface area (Å²) in [7, 11) is 3.45. The number of nitrogens with one attached hydrogen (secondary N) is 2. The minimum atomic E-state index is 0. The van der Waals surface area contributed by atoms with Crippen LogP contribution < -0.4 is 15.4 Å². The molecular weight excluding hydrogens is 457 g/mol. The van der Waals surface area contributed by atoms with E-state index in [4.69, 9.17) is 14.2 Å². The number of unbranched alkanes of at least 4 members (excludes halogenated alkanes) is 1. The van der Waals surface area contributed by atoms with Crippen LogP contribution in [-0.4, -0.2) is 53.0 Å². The van der Waals surface area contributed by atoms with Crippen LogP contribution in [0.2, 0.25) is 0 Å². The fourth-order valence-corrected chi connectivity index (χ4v) is 2.24. The Kier molecular flexibility index (Phi) is 17.6. The summed E-state index contributed by atoms with van der Waals surface area (Å²) < 4.78 is 16.4. The van der Waals surface area contributed by atoms with E-state index in [1.54, 1.807) is 14.2 Å². The molecule has 2 N–H and O–H groups in total. The van der Waals surface area contributed by atoms with Gasteiger partial charge in [-0.1, -0.05) is 25.5 Å². The van der Waals surface area contributed by atoms with E-state index in [1.807, 2.05) is 24.3 Å². The summed E-state index contributed by atoms with van der Waals surface area (Å²) in [4.78, 5) is 4.22. The third-order valence-corrected chi connectivity index (χ3v) is 3.81. The first-order chi connectivity index (χ1) is 12.8. The summed E-state index contributed by atoms with van der Waals surface area (Å²) in [5.41, 5.74) is 1.15. The van der Waals surface area contributed by atoms with Gasteiger partial charge in [0.15, 0.2) is 5.96 Å². The first-order valence-corrected chi connectivity index (χ1v) is 9.53. The van der Waals surface area contributed by atoms with Gasteiger partial charge in [0.05, 0.1) is 13.7 Å². The summed E-state index contributed by atoms with van der Waals surface area (Å²) in [6.45, 7) is 6.85. The number of halogens is 1. The molecule has 6 nitrogen and oxygen atoms in total. The highest BCUT2D eigenvalue weighted by atomic mass is 127. The first kappa shape index (κ1) is 25.9. The molecule has 0 fully saturated rings. The number of ether oxygens (including phenoxy) is 3. The monoisotopic (exact) mass is 493 g/mol. The average molecular weight is 493 g/mol. The molecule has 0 spiro atoms. The van der Waals surface area contributed by atoms with Crippen molar-refractivity contribution in [1.82, 2.24) is 10.6 Å². The number of nitrogens with zero attached hydrogens (tertiary/aromatic N) is 1. The number of hydrogen-bond acceptors (Lipinski definition) is 4. The molecule has 0 aliphatic carbocycles. The standard InChI is InChI=1S/C20H35N3O3.HI/c1-4-5-14-25-15-6-12-22-20(21-2)23-13-7-16-26-17-18-8-10-19(24-3)11-9-18;/h8-11H,4-7,12-17H2,1-3H3,(H2,21,22,23);1H. The molecule has 156 valence electrons. The predicted molar refractivity (Wildman–Crippen MR) is 122 cm³/mol. The van der Waals surface area contributed by atoms with Crippen LogP contribution in [0.5, 0.6) is 5.75 Å². The van der Waals surface area contributed by atoms with E-state index in [1.165, 1.54) is 6.42 Å². The first-order valence-electron chi connectivity index (χ1n) is 9.53. The molecule has 0 radical (unpaired) electrons. The van der Waals surface area contributed by atoms with Crippen molar-refractivity contribution in [1.29, 1.82) is 0 Å². The van der Waals surface area contributed by atoms with Crippen LogP contribution in [0.1, 0.15) is 38.2 Å². The Hall–Kier alpha value is -1.06. The molecule has 1 aromatic carbocycles. The van der Waals surface area contributed by atoms with Gasteiger partial charge in [-0.3, -0.25) is 4.99 Å². The lowest BCUT2D eigenvalue weighted by Crippen LogP contribution is -2.38. The SMILES string of the molecule is CCCCOCCCNC(=NC)NCCCOCc1ccc(OC)cc1.I. The van der Waals surface area contributed by atoms with Crippen molar-refractivity contribution in [3.05, 3.63) is 29.8 Å². The third kappa shape index (κ3) is 13.7. The van der Waals surface area contributed by atoms with Crippen molar-refractivity contribution < 1.29 is 14.2 Å². The van der Waals surface area contributed by atoms with Crippen LogP contribution >= 0.6 is 24.0 Å². The molecule has 1 aromatic rings. The van der Waals surface area contributed by atoms with E-state index in [2.05, 4.69) is 22.5 Å². The van der Waals surface area contributed by atoms with Crippen LogP contribution in [0.3, 0.4) is 0 Å². The molecule has 0 aliphatic rings. The van der Waals surface area contributed by atoms with E-state index in [0.717, 1.165) is 62.8 Å². The van der Waals surface area contributed by atoms with Gasteiger partial charge in [-0.2, -0.15) is 0 Å². The van der Waals surface area contributed by atoms with Gasteiger partial charge in [0.1, 0.15) is 5.75 Å². The molecule has 0 bridgehead atoms. The van der Waals surface area contributed by atoms with Crippen LogP contribution in [0, 0.1) is 0 Å². The second kappa shape index (κ2) is 18.3. The Morgan fingerprint density at radius 2 is 1.52 bits per heavy atom. The van der Waals surface area contributed by atoms with E-state index in [-0.39, 0.29) is 24.0 Å². The van der Waals surface area contributed by atoms with Crippen molar-refractivity contribution in [2.45, 2.75) is 39.2 Å². The lowest BCUT2D eigenvalue weighted by molar-refractivity contribution is 0.119. The minimum absolute atomic E-state index is 0. The average Bonchev–Trinajstić information content (AvgIpc) is 2.68. The molecule has 27 heavy (non-hydrogen) atoms. The maximum atomic E-state index is 5.70. The highest BCUT2D eigenvalue weighted by molar-refractivity contribution is 14.0. The zero-order valence-electron chi connectivity index (χ0n) is 17.0. The summed E-state index contributed by atoms with van der Waals surface area (Å²) in [6, 6.07) is 7.94. The summed E-state index contributed by atoms with van der Waals surface area (Å²) >= 11 is 0. The molecule has 0 saturated heterocycles. The van der Waals surface area contributed by atoms with Gasteiger partial charge in [-0.05, 0) is 37.0 Å². The van der Waals surface area contributed by atoms with Crippen molar-refractivity contribution >= 4 is 29.9 Å². The lowest BCUT2D eigenvalue weighted by Gasteiger charge is -2.12. The molecule has 0 saturated carbocycles. The molecule has 0 amide bonds. The Bertz CT molecular complexity index is 484. The second-order valence-corrected chi connectivity index (χ2v) is 6.00. The van der Waals surface area contributed by atoms with Crippen molar-refractivity contribution in [3.63, 3.8) is 0 Å². The molecule has 0 heterocycles. The van der Waals surface area contributed by atoms with Crippen molar-refractivity contribution in [3.8, 4) is 5.75 Å². The zero-order chi connectivity index (χ0) is 18.9. The van der Waals surface area contributed by atoms with Crippen LogP contribution in [-0.2, 0) is 16.1 Å². The summed E-state index contributed by atoms with van der Waals surface area (Å²) in [6.07, 6.45) is 4.22. The topological polar surface area (TPSA) is 64.1 Å². The molecule has 0 aliphatic heterocycles. The van der Waals surface area contributed by atoms with Crippen LogP contribution in [0.25, 0.3) is 0 Å². The van der Waals surface area contributed by atoms with Crippen LogP contribution in [0.15, 0.2) is 29.3 Å². The number of methoxy groups -OCH3 is 1. The second-order valence-electron chi connectivity index (χ2n) is 6.00. The lowest BCUT2D eigenvalue weighted by atomic mass is 10.2. The van der Waals surface area contributed by atoms with Gasteiger partial charge in [0.25, 0.3) is 0 Å².